The molecule has 0 aliphatic rings. The van der Waals surface area contributed by atoms with Gasteiger partial charge in [0.25, 0.3) is 0 Å². The van der Waals surface area contributed by atoms with Gasteiger partial charge in [-0.15, -0.1) is 11.3 Å². The molecular weight excluding hydrogens is 328 g/mol. The van der Waals surface area contributed by atoms with Crippen molar-refractivity contribution in [1.82, 2.24) is 9.78 Å². The van der Waals surface area contributed by atoms with Gasteiger partial charge in [-0.1, -0.05) is 6.92 Å². The molecule has 2 aromatic heterocycles. The number of hydrogen-bond acceptors (Lipinski definition) is 4. The van der Waals surface area contributed by atoms with Crippen LogP contribution in [0, 0.1) is 0 Å². The van der Waals surface area contributed by atoms with Gasteiger partial charge in [-0.2, -0.15) is 5.10 Å². The molecule has 6 heteroatoms. The van der Waals surface area contributed by atoms with Crippen molar-refractivity contribution in [3.05, 3.63) is 38.3 Å². The Kier molecular flexibility index (Phi) is 5.15. The Bertz CT molecular complexity index is 538. The van der Waals surface area contributed by atoms with Gasteiger partial charge < -0.3 is 9.84 Å². The summed E-state index contributed by atoms with van der Waals surface area (Å²) in [5.41, 5.74) is 1.97. The molecule has 4 nitrogen and oxygen atoms in total. The Morgan fingerprint density at radius 2 is 2.37 bits per heavy atom. The average Bonchev–Trinajstić information content (AvgIpc) is 3.02. The van der Waals surface area contributed by atoms with Gasteiger partial charge in [0.15, 0.2) is 0 Å². The lowest BCUT2D eigenvalue weighted by molar-refractivity contribution is 0.171. The first kappa shape index (κ1) is 14.7. The second-order valence-electron chi connectivity index (χ2n) is 4.16. The molecule has 2 aromatic rings. The summed E-state index contributed by atoms with van der Waals surface area (Å²) in [5.74, 6) is 0. The molecule has 1 atom stereocenters. The molecule has 0 bridgehead atoms. The maximum Gasteiger partial charge on any atom is 0.131 e. The summed E-state index contributed by atoms with van der Waals surface area (Å²) in [7, 11) is 1.66. The zero-order valence-electron chi connectivity index (χ0n) is 11.0. The van der Waals surface area contributed by atoms with Crippen LogP contribution in [0.2, 0.25) is 0 Å². The van der Waals surface area contributed by atoms with E-state index in [9.17, 15) is 5.11 Å². The Morgan fingerprint density at radius 3 is 3.05 bits per heavy atom. The number of aryl methyl sites for hydroxylation is 1. The maximum atomic E-state index is 10.6. The molecule has 1 N–H and O–H groups in total. The highest BCUT2D eigenvalue weighted by molar-refractivity contribution is 9.10. The minimum absolute atomic E-state index is 0.568. The first-order valence-electron chi connectivity index (χ1n) is 6.13. The minimum atomic E-state index is -0.649. The van der Waals surface area contributed by atoms with Gasteiger partial charge in [-0.3, -0.25) is 4.68 Å². The molecule has 0 aromatic carbocycles. The molecule has 2 rings (SSSR count). The molecule has 2 heterocycles. The minimum Gasteiger partial charge on any atom is -0.383 e. The lowest BCUT2D eigenvalue weighted by atomic mass is 10.1. The van der Waals surface area contributed by atoms with E-state index >= 15 is 0 Å². The third kappa shape index (κ3) is 3.08. The second kappa shape index (κ2) is 6.65. The van der Waals surface area contributed by atoms with Gasteiger partial charge in [0.05, 0.1) is 29.5 Å². The highest BCUT2D eigenvalue weighted by Crippen LogP contribution is 2.33. The van der Waals surface area contributed by atoms with Crippen LogP contribution >= 0.6 is 27.3 Å². The van der Waals surface area contributed by atoms with E-state index in [2.05, 4.69) is 34.0 Å². The maximum absolute atomic E-state index is 10.6. The SMILES string of the molecule is CCc1ccsc1C(O)c1c(Br)cnn1CCOC. The van der Waals surface area contributed by atoms with E-state index in [1.165, 1.54) is 5.56 Å². The number of methoxy groups -OCH3 is 1. The Hall–Kier alpha value is -0.690. The predicted octanol–water partition coefficient (Wildman–Crippen LogP) is 3.00. The van der Waals surface area contributed by atoms with Crippen LogP contribution in [0.3, 0.4) is 0 Å². The van der Waals surface area contributed by atoms with E-state index < -0.39 is 6.10 Å². The number of nitrogens with zero attached hydrogens (tertiary/aromatic N) is 2. The summed E-state index contributed by atoms with van der Waals surface area (Å²) in [6.45, 7) is 3.29. The van der Waals surface area contributed by atoms with Crippen molar-refractivity contribution in [1.29, 1.82) is 0 Å². The molecule has 104 valence electrons. The molecule has 0 spiro atoms. The number of ether oxygens (including phenoxy) is 1. The summed E-state index contributed by atoms with van der Waals surface area (Å²) in [4.78, 5) is 0.988. The van der Waals surface area contributed by atoms with Gasteiger partial charge >= 0.3 is 0 Å². The van der Waals surface area contributed by atoms with E-state index in [4.69, 9.17) is 4.74 Å². The fraction of sp³-hybridized carbons (Fsp3) is 0.462. The number of aliphatic hydroxyl groups is 1. The lowest BCUT2D eigenvalue weighted by Crippen LogP contribution is -2.13. The fourth-order valence-corrected chi connectivity index (χ4v) is 3.50. The molecule has 0 radical (unpaired) electrons. The molecular formula is C13H17BrN2O2S. The van der Waals surface area contributed by atoms with Crippen LogP contribution in [0.1, 0.15) is 29.2 Å². The van der Waals surface area contributed by atoms with E-state index in [0.29, 0.717) is 13.2 Å². The smallest absolute Gasteiger partial charge is 0.131 e. The van der Waals surface area contributed by atoms with Crippen LogP contribution < -0.4 is 0 Å². The number of thiophene rings is 1. The first-order valence-corrected chi connectivity index (χ1v) is 7.80. The van der Waals surface area contributed by atoms with Crippen LogP contribution in [-0.2, 0) is 17.7 Å². The highest BCUT2D eigenvalue weighted by Gasteiger charge is 2.22. The van der Waals surface area contributed by atoms with Crippen molar-refractivity contribution in [3.63, 3.8) is 0 Å². The highest BCUT2D eigenvalue weighted by atomic mass is 79.9. The number of halogens is 1. The largest absolute Gasteiger partial charge is 0.383 e. The second-order valence-corrected chi connectivity index (χ2v) is 5.96. The van der Waals surface area contributed by atoms with Crippen molar-refractivity contribution in [3.8, 4) is 0 Å². The molecule has 19 heavy (non-hydrogen) atoms. The standard InChI is InChI=1S/C13H17BrN2O2S/c1-3-9-4-7-19-13(9)12(17)11-10(14)8-15-16(11)5-6-18-2/h4,7-8,12,17H,3,5-6H2,1-2H3. The number of aliphatic hydroxyl groups excluding tert-OH is 1. The summed E-state index contributed by atoms with van der Waals surface area (Å²) in [6.07, 6.45) is 1.98. The van der Waals surface area contributed by atoms with Gasteiger partial charge in [0.2, 0.25) is 0 Å². The van der Waals surface area contributed by atoms with Crippen molar-refractivity contribution in [2.24, 2.45) is 0 Å². The quantitative estimate of drug-likeness (QED) is 0.876. The zero-order chi connectivity index (χ0) is 13.8. The molecule has 0 saturated heterocycles. The summed E-state index contributed by atoms with van der Waals surface area (Å²) in [5, 5.41) is 16.9. The van der Waals surface area contributed by atoms with Crippen molar-refractivity contribution in [2.45, 2.75) is 26.0 Å². The molecule has 0 amide bonds. The van der Waals surface area contributed by atoms with Crippen LogP contribution in [0.4, 0.5) is 0 Å². The van der Waals surface area contributed by atoms with E-state index in [0.717, 1.165) is 21.5 Å². The van der Waals surface area contributed by atoms with Crippen LogP contribution in [0.25, 0.3) is 0 Å². The predicted molar refractivity (Wildman–Crippen MR) is 79.6 cm³/mol. The summed E-state index contributed by atoms with van der Waals surface area (Å²) < 4.78 is 7.68. The molecule has 0 saturated carbocycles. The van der Waals surface area contributed by atoms with Crippen LogP contribution in [-0.4, -0.2) is 28.6 Å². The number of aromatic nitrogens is 2. The van der Waals surface area contributed by atoms with Gasteiger partial charge in [0, 0.05) is 12.0 Å². The molecule has 0 aliphatic carbocycles. The Balaban J connectivity index is 2.32. The fourth-order valence-electron chi connectivity index (χ4n) is 2.00. The summed E-state index contributed by atoms with van der Waals surface area (Å²) >= 11 is 5.04. The number of hydrogen-bond donors (Lipinski definition) is 1. The number of rotatable bonds is 6. The zero-order valence-corrected chi connectivity index (χ0v) is 13.4. The van der Waals surface area contributed by atoms with Crippen molar-refractivity contribution < 1.29 is 9.84 Å². The lowest BCUT2D eigenvalue weighted by Gasteiger charge is -2.14. The van der Waals surface area contributed by atoms with E-state index in [1.54, 1.807) is 29.3 Å². The van der Waals surface area contributed by atoms with Crippen LogP contribution in [0.15, 0.2) is 22.1 Å². The Morgan fingerprint density at radius 1 is 1.58 bits per heavy atom. The average molecular weight is 345 g/mol. The van der Waals surface area contributed by atoms with Gasteiger partial charge in [0.1, 0.15) is 6.10 Å². The molecule has 0 fully saturated rings. The summed E-state index contributed by atoms with van der Waals surface area (Å²) in [6, 6.07) is 2.06. The van der Waals surface area contributed by atoms with Gasteiger partial charge in [-0.25, -0.2) is 0 Å². The van der Waals surface area contributed by atoms with Crippen molar-refractivity contribution in [2.75, 3.05) is 13.7 Å². The van der Waals surface area contributed by atoms with Crippen molar-refractivity contribution >= 4 is 27.3 Å². The Labute approximate surface area is 125 Å². The molecule has 0 aliphatic heterocycles. The topological polar surface area (TPSA) is 47.3 Å². The normalized spacial score (nSPS) is 12.8. The monoisotopic (exact) mass is 344 g/mol. The van der Waals surface area contributed by atoms with Crippen LogP contribution in [0.5, 0.6) is 0 Å². The first-order chi connectivity index (χ1) is 9.19. The van der Waals surface area contributed by atoms with Gasteiger partial charge in [-0.05, 0) is 39.4 Å². The molecule has 1 unspecified atom stereocenters. The third-order valence-electron chi connectivity index (χ3n) is 3.01. The van der Waals surface area contributed by atoms with E-state index in [1.807, 2.05) is 5.38 Å². The third-order valence-corrected chi connectivity index (χ3v) is 4.63. The van der Waals surface area contributed by atoms with E-state index in [-0.39, 0.29) is 0 Å².